The number of aromatic nitrogens is 5. The van der Waals surface area contributed by atoms with Gasteiger partial charge in [0.1, 0.15) is 0 Å². The molecule has 0 bridgehead atoms. The molecule has 5 rings (SSSR count). The first-order valence-corrected chi connectivity index (χ1v) is 11.2. The number of hydrogen-bond donors (Lipinski definition) is 0. The van der Waals surface area contributed by atoms with Gasteiger partial charge in [-0.2, -0.15) is 13.2 Å². The molecule has 3 heterocycles. The summed E-state index contributed by atoms with van der Waals surface area (Å²) in [6, 6.07) is 10.0. The van der Waals surface area contributed by atoms with Crippen LogP contribution in [0.3, 0.4) is 0 Å². The molecule has 3 aromatic rings. The second-order valence-corrected chi connectivity index (χ2v) is 8.59. The molecular formula is C22H26F3N7. The maximum Gasteiger partial charge on any atom is 0.451 e. The van der Waals surface area contributed by atoms with Gasteiger partial charge in [-0.1, -0.05) is 54.8 Å². The Bertz CT molecular complexity index is 1050. The summed E-state index contributed by atoms with van der Waals surface area (Å²) in [5, 5.41) is 8.30. The molecule has 2 aliphatic rings. The van der Waals surface area contributed by atoms with Gasteiger partial charge < -0.3 is 4.90 Å². The lowest BCUT2D eigenvalue weighted by Crippen LogP contribution is -2.51. The number of alkyl halides is 3. The molecule has 10 heteroatoms. The number of nitrogens with zero attached hydrogens (tertiary/aromatic N) is 7. The number of anilines is 1. The highest BCUT2D eigenvalue weighted by Crippen LogP contribution is 2.32. The Balaban J connectivity index is 1.44. The van der Waals surface area contributed by atoms with E-state index in [4.69, 9.17) is 0 Å². The highest BCUT2D eigenvalue weighted by Gasteiger charge is 2.37. The summed E-state index contributed by atoms with van der Waals surface area (Å²) in [5.74, 6) is -0.920. The van der Waals surface area contributed by atoms with Gasteiger partial charge in [-0.05, 0) is 18.4 Å². The summed E-state index contributed by atoms with van der Waals surface area (Å²) in [6.45, 7) is 3.16. The van der Waals surface area contributed by atoms with Crippen molar-refractivity contribution in [3.63, 3.8) is 0 Å². The van der Waals surface area contributed by atoms with Gasteiger partial charge in [-0.15, -0.1) is 5.10 Å². The monoisotopic (exact) mass is 445 g/mol. The summed E-state index contributed by atoms with van der Waals surface area (Å²) in [6.07, 6.45) is 1.60. The Kier molecular flexibility index (Phi) is 5.71. The lowest BCUT2D eigenvalue weighted by atomic mass is 9.94. The van der Waals surface area contributed by atoms with Crippen LogP contribution in [0.5, 0.6) is 0 Å². The molecule has 2 aromatic heterocycles. The highest BCUT2D eigenvalue weighted by atomic mass is 19.4. The van der Waals surface area contributed by atoms with Crippen LogP contribution in [0.4, 0.5) is 19.0 Å². The van der Waals surface area contributed by atoms with Crippen LogP contribution in [0.15, 0.2) is 30.3 Å². The van der Waals surface area contributed by atoms with Gasteiger partial charge in [-0.3, -0.25) is 4.90 Å². The number of fused-ring (bicyclic) bond motifs is 1. The van der Waals surface area contributed by atoms with E-state index in [0.29, 0.717) is 31.2 Å². The summed E-state index contributed by atoms with van der Waals surface area (Å²) in [7, 11) is 0. The molecule has 170 valence electrons. The number of piperazine rings is 1. The van der Waals surface area contributed by atoms with Crippen molar-refractivity contribution in [3.05, 3.63) is 41.7 Å². The van der Waals surface area contributed by atoms with Gasteiger partial charge >= 0.3 is 6.18 Å². The third kappa shape index (κ3) is 4.28. The van der Waals surface area contributed by atoms with Crippen molar-refractivity contribution >= 4 is 17.0 Å². The van der Waals surface area contributed by atoms with Crippen LogP contribution < -0.4 is 4.90 Å². The molecule has 0 unspecified atom stereocenters. The minimum atomic E-state index is -4.64. The molecule has 0 N–H and O–H groups in total. The number of benzene rings is 1. The molecular weight excluding hydrogens is 419 g/mol. The molecule has 7 nitrogen and oxygen atoms in total. The Morgan fingerprint density at radius 1 is 0.906 bits per heavy atom. The lowest BCUT2D eigenvalue weighted by Gasteiger charge is -2.41. The van der Waals surface area contributed by atoms with Gasteiger partial charge in [0.2, 0.25) is 5.82 Å². The quantitative estimate of drug-likeness (QED) is 0.610. The minimum Gasteiger partial charge on any atom is -0.352 e. The maximum atomic E-state index is 13.6. The van der Waals surface area contributed by atoms with E-state index in [-0.39, 0.29) is 11.5 Å². The third-order valence-corrected chi connectivity index (χ3v) is 6.48. The highest BCUT2D eigenvalue weighted by molar-refractivity contribution is 5.83. The topological polar surface area (TPSA) is 63.0 Å². The average Bonchev–Trinajstić information content (AvgIpc) is 3.22. The number of halogens is 3. The first kappa shape index (κ1) is 21.1. The average molecular weight is 445 g/mol. The predicted molar refractivity (Wildman–Crippen MR) is 114 cm³/mol. The van der Waals surface area contributed by atoms with Gasteiger partial charge in [0.25, 0.3) is 0 Å². The smallest absolute Gasteiger partial charge is 0.352 e. The molecule has 1 aromatic carbocycles. The third-order valence-electron chi connectivity index (χ3n) is 6.48. The van der Waals surface area contributed by atoms with Crippen molar-refractivity contribution < 1.29 is 13.2 Å². The molecule has 2 fully saturated rings. The van der Waals surface area contributed by atoms with Crippen molar-refractivity contribution in [1.82, 2.24) is 29.9 Å². The Hall–Kier alpha value is -2.75. The van der Waals surface area contributed by atoms with Gasteiger partial charge in [0.15, 0.2) is 17.0 Å². The van der Waals surface area contributed by atoms with Crippen molar-refractivity contribution in [2.24, 2.45) is 0 Å². The van der Waals surface area contributed by atoms with Crippen LogP contribution in [0.1, 0.15) is 43.5 Å². The molecule has 0 amide bonds. The van der Waals surface area contributed by atoms with E-state index >= 15 is 0 Å². The fraction of sp³-hybridized carbons (Fsp3) is 0.545. The zero-order valence-corrected chi connectivity index (χ0v) is 17.8. The second-order valence-electron chi connectivity index (χ2n) is 8.59. The predicted octanol–water partition coefficient (Wildman–Crippen LogP) is 3.74. The van der Waals surface area contributed by atoms with E-state index in [1.54, 1.807) is 0 Å². The van der Waals surface area contributed by atoms with Crippen LogP contribution in [0, 0.1) is 0 Å². The van der Waals surface area contributed by atoms with E-state index in [2.05, 4.69) is 25.2 Å². The minimum absolute atomic E-state index is 0.112. The van der Waals surface area contributed by atoms with Crippen molar-refractivity contribution in [2.45, 2.75) is 50.9 Å². The Morgan fingerprint density at radius 2 is 1.62 bits per heavy atom. The van der Waals surface area contributed by atoms with Crippen LogP contribution in [-0.2, 0) is 12.7 Å². The van der Waals surface area contributed by atoms with Crippen LogP contribution in [-0.4, -0.2) is 62.1 Å². The standard InChI is InChI=1S/C22H26F3N7/c23-22(24,25)21-26-19(31-13-11-30(12-14-31)17-9-5-2-6-10-17)18-20(27-21)32(29-28-18)15-16-7-3-1-4-8-16/h1,3-4,7-8,17H,2,5-6,9-15H2. The maximum absolute atomic E-state index is 13.6. The zero-order chi connectivity index (χ0) is 22.1. The van der Waals surface area contributed by atoms with Gasteiger partial charge in [-0.25, -0.2) is 14.6 Å². The Morgan fingerprint density at radius 3 is 2.31 bits per heavy atom. The SMILES string of the molecule is FC(F)(F)c1nc(N2CCN(C3CCCCC3)CC2)c2nnn(Cc3ccccc3)c2n1. The largest absolute Gasteiger partial charge is 0.451 e. The number of hydrogen-bond acceptors (Lipinski definition) is 6. The van der Waals surface area contributed by atoms with Crippen LogP contribution in [0.25, 0.3) is 11.2 Å². The van der Waals surface area contributed by atoms with E-state index < -0.39 is 12.0 Å². The first-order chi connectivity index (χ1) is 15.5. The second kappa shape index (κ2) is 8.65. The molecule has 0 radical (unpaired) electrons. The van der Waals surface area contributed by atoms with Gasteiger partial charge in [0.05, 0.1) is 6.54 Å². The molecule has 0 atom stereocenters. The molecule has 1 aliphatic heterocycles. The number of rotatable bonds is 4. The summed E-state index contributed by atoms with van der Waals surface area (Å²) < 4.78 is 42.3. The van der Waals surface area contributed by atoms with Crippen molar-refractivity contribution in [1.29, 1.82) is 0 Å². The molecule has 0 spiro atoms. The van der Waals surface area contributed by atoms with E-state index in [0.717, 1.165) is 18.7 Å². The fourth-order valence-corrected chi connectivity index (χ4v) is 4.80. The summed E-state index contributed by atoms with van der Waals surface area (Å²) in [4.78, 5) is 12.1. The van der Waals surface area contributed by atoms with Crippen LogP contribution >= 0.6 is 0 Å². The van der Waals surface area contributed by atoms with Gasteiger partial charge in [0, 0.05) is 32.2 Å². The van der Waals surface area contributed by atoms with Crippen molar-refractivity contribution in [2.75, 3.05) is 31.1 Å². The zero-order valence-electron chi connectivity index (χ0n) is 17.8. The molecule has 1 aliphatic carbocycles. The van der Waals surface area contributed by atoms with E-state index in [9.17, 15) is 13.2 Å². The van der Waals surface area contributed by atoms with E-state index in [1.807, 2.05) is 35.2 Å². The first-order valence-electron chi connectivity index (χ1n) is 11.2. The normalized spacial score (nSPS) is 19.0. The Labute approximate surface area is 184 Å². The molecule has 1 saturated heterocycles. The van der Waals surface area contributed by atoms with Crippen LogP contribution in [0.2, 0.25) is 0 Å². The lowest BCUT2D eigenvalue weighted by molar-refractivity contribution is -0.144. The van der Waals surface area contributed by atoms with E-state index in [1.165, 1.54) is 36.8 Å². The summed E-state index contributed by atoms with van der Waals surface area (Å²) in [5.41, 5.74) is 1.34. The molecule has 1 saturated carbocycles. The summed E-state index contributed by atoms with van der Waals surface area (Å²) >= 11 is 0. The van der Waals surface area contributed by atoms with Crippen molar-refractivity contribution in [3.8, 4) is 0 Å². The fourth-order valence-electron chi connectivity index (χ4n) is 4.80. The molecule has 32 heavy (non-hydrogen) atoms.